The Kier molecular flexibility index (Phi) is 10.6. The van der Waals surface area contributed by atoms with Crippen molar-refractivity contribution in [1.29, 1.82) is 0 Å². The van der Waals surface area contributed by atoms with Gasteiger partial charge in [-0.25, -0.2) is 4.98 Å². The fourth-order valence-electron chi connectivity index (χ4n) is 12.1. The quantitative estimate of drug-likeness (QED) is 0.229. The predicted octanol–water partition coefficient (Wildman–Crippen LogP) is 3.26. The van der Waals surface area contributed by atoms with Crippen molar-refractivity contribution >= 4 is 29.5 Å². The SMILES string of the molecule is CCC1C2(C(O)C(=O)N[C@@H](C)C3CCCCC3)NC(=O)[C@@H]3[C@@H]4[C@@H](CCC142)CN3C(=O)[C@@H](NC(=O)[C@@H](NC(=O)c1cnccn1)C1CCCCC1)C(C)(C)C. The highest BCUT2D eigenvalue weighted by Crippen LogP contribution is 2.79. The van der Waals surface area contributed by atoms with E-state index >= 15 is 0 Å². The number of rotatable bonds is 11. The molecule has 1 spiro atoms. The number of nitrogens with one attached hydrogen (secondary N) is 4. The van der Waals surface area contributed by atoms with Gasteiger partial charge in [-0.1, -0.05) is 72.6 Å². The molecule has 5 amide bonds. The van der Waals surface area contributed by atoms with Gasteiger partial charge in [-0.2, -0.15) is 0 Å². The lowest BCUT2D eigenvalue weighted by molar-refractivity contribution is -0.149. The summed E-state index contributed by atoms with van der Waals surface area (Å²) in [5, 5.41) is 24.2. The molecule has 296 valence electrons. The Morgan fingerprint density at radius 3 is 2.22 bits per heavy atom. The summed E-state index contributed by atoms with van der Waals surface area (Å²) in [5.41, 5.74) is -2.19. The molecule has 6 fully saturated rings. The van der Waals surface area contributed by atoms with E-state index in [9.17, 15) is 29.1 Å². The predicted molar refractivity (Wildman–Crippen MR) is 200 cm³/mol. The summed E-state index contributed by atoms with van der Waals surface area (Å²) < 4.78 is 0. The minimum atomic E-state index is -1.39. The summed E-state index contributed by atoms with van der Waals surface area (Å²) >= 11 is 0. The highest BCUT2D eigenvalue weighted by Gasteiger charge is 2.88. The number of likely N-dealkylation sites (tertiary alicyclic amines) is 1. The molecular formula is C41H61N7O6. The third-order valence-electron chi connectivity index (χ3n) is 14.6. The largest absolute Gasteiger partial charge is 0.381 e. The maximum absolute atomic E-state index is 14.8. The molecule has 0 aromatic carbocycles. The molecule has 13 heteroatoms. The van der Waals surface area contributed by atoms with E-state index in [0.29, 0.717) is 18.9 Å². The van der Waals surface area contributed by atoms with E-state index in [4.69, 9.17) is 0 Å². The van der Waals surface area contributed by atoms with Crippen molar-refractivity contribution in [1.82, 2.24) is 36.1 Å². The molecular weight excluding hydrogens is 686 g/mol. The van der Waals surface area contributed by atoms with E-state index in [1.807, 2.05) is 27.7 Å². The lowest BCUT2D eigenvalue weighted by Crippen LogP contribution is -2.67. The molecule has 4 unspecified atom stereocenters. The van der Waals surface area contributed by atoms with E-state index in [1.54, 1.807) is 4.90 Å². The molecule has 54 heavy (non-hydrogen) atoms. The van der Waals surface area contributed by atoms with Crippen LogP contribution in [0.3, 0.4) is 0 Å². The van der Waals surface area contributed by atoms with Crippen molar-refractivity contribution < 1.29 is 29.1 Å². The van der Waals surface area contributed by atoms with E-state index < -0.39 is 58.3 Å². The molecule has 0 radical (unpaired) electrons. The lowest BCUT2D eigenvalue weighted by Gasteiger charge is -2.43. The Bertz CT molecular complexity index is 1610. The maximum atomic E-state index is 14.8. The summed E-state index contributed by atoms with van der Waals surface area (Å²) in [5.74, 6) is -2.01. The molecule has 13 nitrogen and oxygen atoms in total. The number of amides is 5. The third-order valence-corrected chi connectivity index (χ3v) is 14.6. The summed E-state index contributed by atoms with van der Waals surface area (Å²) in [6, 6.07) is -2.68. The van der Waals surface area contributed by atoms with Crippen molar-refractivity contribution in [2.45, 2.75) is 154 Å². The summed E-state index contributed by atoms with van der Waals surface area (Å²) in [6.45, 7) is 10.1. The first kappa shape index (κ1) is 38.7. The first-order valence-corrected chi connectivity index (χ1v) is 20.7. The number of aromatic nitrogens is 2. The minimum Gasteiger partial charge on any atom is -0.381 e. The van der Waals surface area contributed by atoms with E-state index in [1.165, 1.54) is 25.0 Å². The number of hydrogen-bond donors (Lipinski definition) is 5. The van der Waals surface area contributed by atoms with Gasteiger partial charge in [-0.3, -0.25) is 29.0 Å². The lowest BCUT2D eigenvalue weighted by atomic mass is 9.75. The van der Waals surface area contributed by atoms with Crippen LogP contribution in [0.15, 0.2) is 18.6 Å². The number of nitrogens with zero attached hydrogens (tertiary/aromatic N) is 3. The van der Waals surface area contributed by atoms with Crippen LogP contribution in [0.1, 0.15) is 129 Å². The van der Waals surface area contributed by atoms with Crippen LogP contribution in [0.2, 0.25) is 0 Å². The van der Waals surface area contributed by atoms with Crippen molar-refractivity contribution in [3.63, 3.8) is 0 Å². The molecule has 4 aliphatic carbocycles. The van der Waals surface area contributed by atoms with E-state index in [-0.39, 0.29) is 47.2 Å². The molecule has 7 rings (SSSR count). The van der Waals surface area contributed by atoms with Crippen LogP contribution in [0.25, 0.3) is 0 Å². The normalized spacial score (nSPS) is 33.0. The second-order valence-corrected chi connectivity index (χ2v) is 18.5. The van der Waals surface area contributed by atoms with Gasteiger partial charge in [0.25, 0.3) is 11.8 Å². The van der Waals surface area contributed by atoms with Crippen LogP contribution in [-0.2, 0) is 19.2 Å². The summed E-state index contributed by atoms with van der Waals surface area (Å²) in [7, 11) is 0. The summed E-state index contributed by atoms with van der Waals surface area (Å²) in [4.78, 5) is 80.3. The Balaban J connectivity index is 1.11. The molecule has 10 atom stereocenters. The van der Waals surface area contributed by atoms with Gasteiger partial charge < -0.3 is 31.3 Å². The zero-order chi connectivity index (χ0) is 38.6. The molecule has 6 aliphatic rings. The van der Waals surface area contributed by atoms with Gasteiger partial charge in [0.2, 0.25) is 17.7 Å². The van der Waals surface area contributed by atoms with Crippen LogP contribution >= 0.6 is 0 Å². The van der Waals surface area contributed by atoms with Gasteiger partial charge in [0.1, 0.15) is 23.8 Å². The average molecular weight is 748 g/mol. The van der Waals surface area contributed by atoms with Crippen LogP contribution in [0, 0.1) is 40.4 Å². The molecule has 3 heterocycles. The second-order valence-electron chi connectivity index (χ2n) is 18.5. The third kappa shape index (κ3) is 6.39. The van der Waals surface area contributed by atoms with Crippen molar-refractivity contribution in [3.8, 4) is 0 Å². The van der Waals surface area contributed by atoms with E-state index in [2.05, 4.69) is 38.2 Å². The number of piperidine rings is 1. The Hall–Kier alpha value is -3.61. The number of aliphatic hydroxyl groups excluding tert-OH is 1. The first-order valence-electron chi connectivity index (χ1n) is 20.7. The number of aliphatic hydroxyl groups is 1. The number of carbonyl (C=O) groups excluding carboxylic acids is 5. The smallest absolute Gasteiger partial charge is 0.272 e. The van der Waals surface area contributed by atoms with Gasteiger partial charge in [0, 0.05) is 36.3 Å². The Morgan fingerprint density at radius 1 is 0.944 bits per heavy atom. The standard InChI is InChI=1S/C41H61N7O6/c1-6-28-40-18-17-26-22-48(31(29(26)40)36(52)47-41(28,40)33(49)37(53)44-23(2)24-13-9-7-10-14-24)38(54)32(39(3,4)5)46-35(51)30(25-15-11-8-12-16-25)45-34(50)27-21-42-19-20-43-27/h19-21,23-26,28-33,49H,6-18,22H2,1-5H3,(H,44,53)(H,45,50)(H,46,51)(H,47,52)/t23-,26-,28?,29-,30-,31-,32+,33?,40?,41?/m0/s1. The fraction of sp³-hybridized carbons (Fsp3) is 0.780. The maximum Gasteiger partial charge on any atom is 0.272 e. The number of hydrogen-bond acceptors (Lipinski definition) is 8. The topological polar surface area (TPSA) is 183 Å². The van der Waals surface area contributed by atoms with E-state index in [0.717, 1.165) is 70.6 Å². The monoisotopic (exact) mass is 747 g/mol. The van der Waals surface area contributed by atoms with Gasteiger partial charge >= 0.3 is 0 Å². The zero-order valence-electron chi connectivity index (χ0n) is 32.7. The molecule has 5 N–H and O–H groups in total. The zero-order valence-corrected chi connectivity index (χ0v) is 32.7. The van der Waals surface area contributed by atoms with Gasteiger partial charge in [-0.05, 0) is 74.5 Å². The van der Waals surface area contributed by atoms with Gasteiger partial charge in [-0.15, -0.1) is 0 Å². The van der Waals surface area contributed by atoms with Crippen molar-refractivity contribution in [2.24, 2.45) is 40.4 Å². The summed E-state index contributed by atoms with van der Waals surface area (Å²) in [6.07, 6.45) is 15.3. The Labute approximate surface area is 319 Å². The van der Waals surface area contributed by atoms with Crippen LogP contribution < -0.4 is 21.3 Å². The molecule has 1 aromatic rings. The first-order chi connectivity index (χ1) is 25.8. The van der Waals surface area contributed by atoms with Crippen molar-refractivity contribution in [3.05, 3.63) is 24.3 Å². The van der Waals surface area contributed by atoms with Crippen LogP contribution in [0.4, 0.5) is 0 Å². The number of carbonyl (C=O) groups is 5. The second kappa shape index (κ2) is 14.8. The average Bonchev–Trinajstić information content (AvgIpc) is 3.36. The van der Waals surface area contributed by atoms with Gasteiger partial charge in [0.15, 0.2) is 6.10 Å². The minimum absolute atomic E-state index is 0.0370. The molecule has 4 saturated carbocycles. The van der Waals surface area contributed by atoms with Crippen LogP contribution in [-0.4, -0.2) is 91.9 Å². The highest BCUT2D eigenvalue weighted by molar-refractivity contribution is 5.99. The Morgan fingerprint density at radius 2 is 1.61 bits per heavy atom. The molecule has 2 saturated heterocycles. The fourth-order valence-corrected chi connectivity index (χ4v) is 12.1. The highest BCUT2D eigenvalue weighted by atomic mass is 16.3. The molecule has 0 bridgehead atoms. The van der Waals surface area contributed by atoms with Crippen molar-refractivity contribution in [2.75, 3.05) is 6.54 Å². The van der Waals surface area contributed by atoms with Crippen LogP contribution in [0.5, 0.6) is 0 Å². The molecule has 1 aromatic heterocycles. The van der Waals surface area contributed by atoms with Gasteiger partial charge in [0.05, 0.1) is 11.7 Å². The molecule has 2 aliphatic heterocycles.